The number of hydrogen-bond acceptors (Lipinski definition) is 2. The summed E-state index contributed by atoms with van der Waals surface area (Å²) in [4.78, 5) is 16.1. The maximum Gasteiger partial charge on any atom is 0.257 e. The van der Waals surface area contributed by atoms with Crippen LogP contribution in [-0.2, 0) is 0 Å². The number of nitrogens with one attached hydrogen (secondary N) is 1. The molecule has 0 spiro atoms. The quantitative estimate of drug-likeness (QED) is 0.820. The number of halogens is 3. The van der Waals surface area contributed by atoms with E-state index in [1.54, 1.807) is 36.5 Å². The fourth-order valence-corrected chi connectivity index (χ4v) is 2.40. The van der Waals surface area contributed by atoms with Crippen molar-refractivity contribution in [1.29, 1.82) is 0 Å². The first-order valence-electron chi connectivity index (χ1n) is 4.94. The van der Waals surface area contributed by atoms with Gasteiger partial charge in [0.1, 0.15) is 5.82 Å². The molecule has 0 aliphatic rings. The number of anilines is 1. The van der Waals surface area contributed by atoms with Crippen LogP contribution in [0.2, 0.25) is 5.02 Å². The molecule has 92 valence electrons. The molecule has 0 aliphatic heterocycles. The van der Waals surface area contributed by atoms with Crippen molar-refractivity contribution in [3.05, 3.63) is 56.1 Å². The Hall–Kier alpha value is -0.910. The molecule has 0 bridgehead atoms. The molecular formula is C12H7Br2ClN2O. The van der Waals surface area contributed by atoms with Crippen LogP contribution in [0.1, 0.15) is 10.4 Å². The number of carbonyl (C=O) groups excluding carboxylic acids is 1. The van der Waals surface area contributed by atoms with E-state index in [0.717, 1.165) is 4.47 Å². The molecule has 3 nitrogen and oxygen atoms in total. The van der Waals surface area contributed by atoms with E-state index in [-0.39, 0.29) is 5.91 Å². The topological polar surface area (TPSA) is 42.0 Å². The molecule has 2 rings (SSSR count). The van der Waals surface area contributed by atoms with Crippen LogP contribution < -0.4 is 5.32 Å². The Morgan fingerprint density at radius 1 is 1.22 bits per heavy atom. The zero-order chi connectivity index (χ0) is 13.1. The maximum absolute atomic E-state index is 12.0. The van der Waals surface area contributed by atoms with Gasteiger partial charge in [-0.05, 0) is 62.2 Å². The molecule has 0 saturated heterocycles. The molecule has 1 N–H and O–H groups in total. The zero-order valence-corrected chi connectivity index (χ0v) is 12.9. The van der Waals surface area contributed by atoms with Gasteiger partial charge in [0.25, 0.3) is 5.91 Å². The van der Waals surface area contributed by atoms with E-state index in [2.05, 4.69) is 42.2 Å². The molecule has 2 aromatic rings. The Morgan fingerprint density at radius 3 is 2.61 bits per heavy atom. The molecule has 0 fully saturated rings. The van der Waals surface area contributed by atoms with Gasteiger partial charge in [0.15, 0.2) is 0 Å². The number of rotatable bonds is 2. The van der Waals surface area contributed by atoms with E-state index in [0.29, 0.717) is 20.9 Å². The van der Waals surface area contributed by atoms with E-state index < -0.39 is 0 Å². The van der Waals surface area contributed by atoms with Crippen LogP contribution in [0.3, 0.4) is 0 Å². The number of hydrogen-bond donors (Lipinski definition) is 1. The highest BCUT2D eigenvalue weighted by molar-refractivity contribution is 9.10. The number of pyridine rings is 1. The first-order valence-corrected chi connectivity index (χ1v) is 6.90. The number of benzene rings is 1. The van der Waals surface area contributed by atoms with E-state index in [1.165, 1.54) is 0 Å². The van der Waals surface area contributed by atoms with Crippen molar-refractivity contribution in [2.45, 2.75) is 0 Å². The number of aromatic nitrogens is 1. The van der Waals surface area contributed by atoms with Crippen molar-refractivity contribution in [3.63, 3.8) is 0 Å². The van der Waals surface area contributed by atoms with E-state index in [9.17, 15) is 4.79 Å². The lowest BCUT2D eigenvalue weighted by molar-refractivity contribution is 0.102. The summed E-state index contributed by atoms with van der Waals surface area (Å²) in [5.41, 5.74) is 0.504. The molecule has 1 amide bonds. The highest BCUT2D eigenvalue weighted by atomic mass is 79.9. The first kappa shape index (κ1) is 13.5. The summed E-state index contributed by atoms with van der Waals surface area (Å²) in [6, 6.07) is 8.51. The second-order valence-corrected chi connectivity index (χ2v) is 5.65. The van der Waals surface area contributed by atoms with Crippen LogP contribution in [0.15, 0.2) is 45.5 Å². The minimum atomic E-state index is -0.242. The Bertz CT molecular complexity index is 587. The number of nitrogens with zero attached hydrogens (tertiary/aromatic N) is 1. The fourth-order valence-electron chi connectivity index (χ4n) is 1.31. The lowest BCUT2D eigenvalue weighted by Crippen LogP contribution is -2.13. The molecule has 1 heterocycles. The van der Waals surface area contributed by atoms with Gasteiger partial charge in [0.05, 0.1) is 5.56 Å². The van der Waals surface area contributed by atoms with Crippen molar-refractivity contribution in [3.8, 4) is 0 Å². The van der Waals surface area contributed by atoms with E-state index in [4.69, 9.17) is 11.6 Å². The molecule has 0 atom stereocenters. The van der Waals surface area contributed by atoms with Crippen LogP contribution in [0, 0.1) is 0 Å². The van der Waals surface area contributed by atoms with Gasteiger partial charge in [-0.15, -0.1) is 0 Å². The van der Waals surface area contributed by atoms with Gasteiger partial charge in [0.2, 0.25) is 0 Å². The van der Waals surface area contributed by atoms with Crippen molar-refractivity contribution < 1.29 is 4.79 Å². The minimum absolute atomic E-state index is 0.242. The molecule has 0 unspecified atom stereocenters. The largest absolute Gasteiger partial charge is 0.307 e. The zero-order valence-electron chi connectivity index (χ0n) is 8.95. The van der Waals surface area contributed by atoms with Crippen molar-refractivity contribution in [2.24, 2.45) is 0 Å². The molecule has 0 saturated carbocycles. The summed E-state index contributed by atoms with van der Waals surface area (Å²) in [6.45, 7) is 0. The predicted molar refractivity (Wildman–Crippen MR) is 79.0 cm³/mol. The van der Waals surface area contributed by atoms with Gasteiger partial charge < -0.3 is 5.32 Å². The Balaban J connectivity index is 2.19. The smallest absolute Gasteiger partial charge is 0.257 e. The van der Waals surface area contributed by atoms with Crippen LogP contribution >= 0.6 is 43.5 Å². The average molecular weight is 390 g/mol. The fraction of sp³-hybridized carbons (Fsp3) is 0. The highest BCUT2D eigenvalue weighted by Gasteiger charge is 2.10. The van der Waals surface area contributed by atoms with Crippen LogP contribution in [0.5, 0.6) is 0 Å². The summed E-state index contributed by atoms with van der Waals surface area (Å²) in [6.07, 6.45) is 1.62. The van der Waals surface area contributed by atoms with E-state index in [1.807, 2.05) is 0 Å². The molecular weight excluding hydrogens is 383 g/mol. The minimum Gasteiger partial charge on any atom is -0.307 e. The Morgan fingerprint density at radius 2 is 2.00 bits per heavy atom. The second kappa shape index (κ2) is 5.82. The number of amides is 1. The van der Waals surface area contributed by atoms with Gasteiger partial charge in [-0.25, -0.2) is 4.98 Å². The summed E-state index contributed by atoms with van der Waals surface area (Å²) < 4.78 is 1.50. The lowest BCUT2D eigenvalue weighted by Gasteiger charge is -2.06. The van der Waals surface area contributed by atoms with Crippen molar-refractivity contribution in [2.75, 3.05) is 5.32 Å². The standard InChI is InChI=1S/C12H7Br2ClN2O/c13-7-1-4-11(16-6-7)17-12(18)9-3-2-8(15)5-10(9)14/h1-6H,(H,16,17,18). The summed E-state index contributed by atoms with van der Waals surface area (Å²) in [7, 11) is 0. The molecule has 18 heavy (non-hydrogen) atoms. The van der Waals surface area contributed by atoms with Gasteiger partial charge in [-0.1, -0.05) is 11.6 Å². The Labute approximate surface area is 126 Å². The Kier molecular flexibility index (Phi) is 4.37. The van der Waals surface area contributed by atoms with Gasteiger partial charge in [0, 0.05) is 20.2 Å². The summed E-state index contributed by atoms with van der Waals surface area (Å²) in [5, 5.41) is 3.27. The number of carbonyl (C=O) groups is 1. The van der Waals surface area contributed by atoms with Crippen molar-refractivity contribution in [1.82, 2.24) is 4.98 Å². The third kappa shape index (κ3) is 3.31. The first-order chi connectivity index (χ1) is 8.56. The molecule has 0 radical (unpaired) electrons. The van der Waals surface area contributed by atoms with Crippen LogP contribution in [0.25, 0.3) is 0 Å². The van der Waals surface area contributed by atoms with Crippen LogP contribution in [-0.4, -0.2) is 10.9 Å². The molecule has 1 aromatic carbocycles. The monoisotopic (exact) mass is 388 g/mol. The highest BCUT2D eigenvalue weighted by Crippen LogP contribution is 2.22. The molecule has 0 aliphatic carbocycles. The summed E-state index contributed by atoms with van der Waals surface area (Å²) in [5.74, 6) is 0.249. The normalized spacial score (nSPS) is 10.2. The maximum atomic E-state index is 12.0. The van der Waals surface area contributed by atoms with E-state index >= 15 is 0 Å². The van der Waals surface area contributed by atoms with Gasteiger partial charge >= 0.3 is 0 Å². The van der Waals surface area contributed by atoms with Crippen molar-refractivity contribution >= 4 is 55.2 Å². The average Bonchev–Trinajstić information content (AvgIpc) is 2.32. The van der Waals surface area contributed by atoms with Gasteiger partial charge in [-0.2, -0.15) is 0 Å². The predicted octanol–water partition coefficient (Wildman–Crippen LogP) is 4.51. The molecule has 6 heteroatoms. The lowest BCUT2D eigenvalue weighted by atomic mass is 10.2. The third-order valence-electron chi connectivity index (χ3n) is 2.14. The molecule has 1 aromatic heterocycles. The van der Waals surface area contributed by atoms with Crippen LogP contribution in [0.4, 0.5) is 5.82 Å². The summed E-state index contributed by atoms with van der Waals surface area (Å²) >= 11 is 12.4. The third-order valence-corrected chi connectivity index (χ3v) is 3.51. The van der Waals surface area contributed by atoms with Gasteiger partial charge in [-0.3, -0.25) is 4.79 Å². The SMILES string of the molecule is O=C(Nc1ccc(Br)cn1)c1ccc(Cl)cc1Br. The second-order valence-electron chi connectivity index (χ2n) is 3.44.